The molecule has 0 N–H and O–H groups in total. The highest BCUT2D eigenvalue weighted by atomic mass is 32.1. The first-order valence-corrected chi connectivity index (χ1v) is 10.2. The van der Waals surface area contributed by atoms with Crippen molar-refractivity contribution in [2.75, 3.05) is 13.1 Å². The molecule has 6 nitrogen and oxygen atoms in total. The monoisotopic (exact) mass is 398 g/mol. The molecule has 4 rings (SSSR count). The number of carbonyl (C=O) groups is 2. The first-order chi connectivity index (χ1) is 13.7. The van der Waals surface area contributed by atoms with Crippen LogP contribution in [0.4, 0.5) is 0 Å². The molecular weight excluding hydrogens is 376 g/mol. The molecule has 1 aliphatic heterocycles. The quantitative estimate of drug-likeness (QED) is 0.629. The molecule has 0 saturated carbocycles. The van der Waals surface area contributed by atoms with Crippen molar-refractivity contribution in [2.24, 2.45) is 5.92 Å². The number of thiophene rings is 1. The predicted octanol–water partition coefficient (Wildman–Crippen LogP) is 4.02. The Morgan fingerprint density at radius 1 is 1.00 bits per heavy atom. The predicted molar refractivity (Wildman–Crippen MR) is 105 cm³/mol. The molecule has 0 aromatic carbocycles. The number of furan rings is 2. The van der Waals surface area contributed by atoms with E-state index in [4.69, 9.17) is 8.83 Å². The second kappa shape index (κ2) is 8.48. The van der Waals surface area contributed by atoms with E-state index >= 15 is 0 Å². The highest BCUT2D eigenvalue weighted by molar-refractivity contribution is 7.12. The van der Waals surface area contributed by atoms with Crippen LogP contribution in [0.2, 0.25) is 0 Å². The minimum Gasteiger partial charge on any atom is -0.467 e. The maximum atomic E-state index is 13.2. The SMILES string of the molecule is O=C(c1cccs1)N1CCC(C(=O)N(Cc2ccco2)Cc2ccco2)CC1. The molecule has 7 heteroatoms. The molecule has 2 amide bonds. The van der Waals surface area contributed by atoms with Crippen LogP contribution < -0.4 is 0 Å². The summed E-state index contributed by atoms with van der Waals surface area (Å²) in [5.41, 5.74) is 0. The average Bonchev–Trinajstić information content (AvgIpc) is 3.50. The van der Waals surface area contributed by atoms with Gasteiger partial charge in [-0.05, 0) is 48.6 Å². The Kier molecular flexibility index (Phi) is 5.62. The first kappa shape index (κ1) is 18.6. The number of rotatable bonds is 6. The van der Waals surface area contributed by atoms with Crippen molar-refractivity contribution < 1.29 is 18.4 Å². The van der Waals surface area contributed by atoms with E-state index in [1.807, 2.05) is 46.7 Å². The molecular formula is C21H22N2O4S. The van der Waals surface area contributed by atoms with Crippen LogP contribution in [0.25, 0.3) is 0 Å². The van der Waals surface area contributed by atoms with Gasteiger partial charge in [-0.25, -0.2) is 0 Å². The van der Waals surface area contributed by atoms with Gasteiger partial charge < -0.3 is 18.6 Å². The zero-order valence-corrected chi connectivity index (χ0v) is 16.3. The van der Waals surface area contributed by atoms with Crippen LogP contribution in [0.15, 0.2) is 63.1 Å². The third kappa shape index (κ3) is 4.20. The zero-order valence-electron chi connectivity index (χ0n) is 15.5. The van der Waals surface area contributed by atoms with Gasteiger partial charge in [0.2, 0.25) is 5.91 Å². The van der Waals surface area contributed by atoms with Gasteiger partial charge in [0.1, 0.15) is 11.5 Å². The third-order valence-electron chi connectivity index (χ3n) is 5.03. The number of piperidine rings is 1. The van der Waals surface area contributed by atoms with Crippen molar-refractivity contribution in [3.05, 3.63) is 70.7 Å². The molecule has 0 spiro atoms. The molecule has 1 aliphatic rings. The van der Waals surface area contributed by atoms with E-state index in [1.165, 1.54) is 11.3 Å². The van der Waals surface area contributed by atoms with Crippen molar-refractivity contribution >= 4 is 23.2 Å². The molecule has 3 aromatic heterocycles. The third-order valence-corrected chi connectivity index (χ3v) is 5.89. The summed E-state index contributed by atoms with van der Waals surface area (Å²) in [5, 5.41) is 1.91. The van der Waals surface area contributed by atoms with Gasteiger partial charge in [0.15, 0.2) is 0 Å². The Labute approximate surface area is 167 Å². The van der Waals surface area contributed by atoms with Crippen LogP contribution in [0.5, 0.6) is 0 Å². The number of likely N-dealkylation sites (tertiary alicyclic amines) is 1. The smallest absolute Gasteiger partial charge is 0.263 e. The van der Waals surface area contributed by atoms with E-state index in [0.717, 1.165) is 16.4 Å². The summed E-state index contributed by atoms with van der Waals surface area (Å²) in [6.45, 7) is 2.01. The van der Waals surface area contributed by atoms with Gasteiger partial charge in [-0.1, -0.05) is 6.07 Å². The lowest BCUT2D eigenvalue weighted by Crippen LogP contribution is -2.44. The Balaban J connectivity index is 1.40. The maximum Gasteiger partial charge on any atom is 0.263 e. The van der Waals surface area contributed by atoms with Crippen molar-refractivity contribution in [1.82, 2.24) is 9.80 Å². The van der Waals surface area contributed by atoms with Gasteiger partial charge in [0, 0.05) is 19.0 Å². The Hall–Kier alpha value is -2.80. The van der Waals surface area contributed by atoms with E-state index in [9.17, 15) is 9.59 Å². The standard InChI is InChI=1S/C21H22N2O4S/c24-20(16-7-9-22(10-8-16)21(25)19-6-3-13-28-19)23(14-17-4-1-11-26-17)15-18-5-2-12-27-18/h1-6,11-13,16H,7-10,14-15H2. The second-order valence-corrected chi connectivity index (χ2v) is 7.84. The summed E-state index contributed by atoms with van der Waals surface area (Å²) in [6.07, 6.45) is 4.56. The van der Waals surface area contributed by atoms with Gasteiger partial charge in [-0.3, -0.25) is 9.59 Å². The summed E-state index contributed by atoms with van der Waals surface area (Å²) < 4.78 is 10.9. The molecule has 4 heterocycles. The van der Waals surface area contributed by atoms with Crippen LogP contribution >= 0.6 is 11.3 Å². The molecule has 1 fully saturated rings. The molecule has 0 atom stereocenters. The van der Waals surface area contributed by atoms with Gasteiger partial charge in [-0.2, -0.15) is 0 Å². The number of amides is 2. The normalized spacial score (nSPS) is 14.9. The summed E-state index contributed by atoms with van der Waals surface area (Å²) in [7, 11) is 0. The number of hydrogen-bond donors (Lipinski definition) is 0. The lowest BCUT2D eigenvalue weighted by atomic mass is 9.95. The minimum atomic E-state index is -0.0997. The topological polar surface area (TPSA) is 66.9 Å². The molecule has 0 radical (unpaired) electrons. The Morgan fingerprint density at radius 3 is 2.14 bits per heavy atom. The zero-order chi connectivity index (χ0) is 19.3. The number of hydrogen-bond acceptors (Lipinski definition) is 5. The summed E-state index contributed by atoms with van der Waals surface area (Å²) >= 11 is 1.45. The van der Waals surface area contributed by atoms with Gasteiger partial charge in [0.25, 0.3) is 5.91 Å². The molecule has 28 heavy (non-hydrogen) atoms. The lowest BCUT2D eigenvalue weighted by Gasteiger charge is -2.33. The van der Waals surface area contributed by atoms with E-state index < -0.39 is 0 Å². The highest BCUT2D eigenvalue weighted by Crippen LogP contribution is 2.24. The second-order valence-electron chi connectivity index (χ2n) is 6.90. The molecule has 3 aromatic rings. The minimum absolute atomic E-state index is 0.0592. The number of nitrogens with zero attached hydrogens (tertiary/aromatic N) is 2. The number of carbonyl (C=O) groups excluding carboxylic acids is 2. The van der Waals surface area contributed by atoms with Crippen LogP contribution in [0, 0.1) is 5.92 Å². The first-order valence-electron chi connectivity index (χ1n) is 9.37. The fourth-order valence-electron chi connectivity index (χ4n) is 3.54. The Morgan fingerprint density at radius 2 is 1.64 bits per heavy atom. The highest BCUT2D eigenvalue weighted by Gasteiger charge is 2.31. The van der Waals surface area contributed by atoms with Gasteiger partial charge in [0.05, 0.1) is 30.5 Å². The van der Waals surface area contributed by atoms with Crippen molar-refractivity contribution in [1.29, 1.82) is 0 Å². The van der Waals surface area contributed by atoms with E-state index in [-0.39, 0.29) is 17.7 Å². The largest absolute Gasteiger partial charge is 0.467 e. The Bertz CT molecular complexity index is 843. The average molecular weight is 398 g/mol. The van der Waals surface area contributed by atoms with Gasteiger partial charge >= 0.3 is 0 Å². The van der Waals surface area contributed by atoms with E-state index in [0.29, 0.717) is 39.0 Å². The van der Waals surface area contributed by atoms with E-state index in [1.54, 1.807) is 17.4 Å². The molecule has 0 bridgehead atoms. The van der Waals surface area contributed by atoms with Crippen molar-refractivity contribution in [2.45, 2.75) is 25.9 Å². The van der Waals surface area contributed by atoms with E-state index in [2.05, 4.69) is 0 Å². The summed E-state index contributed by atoms with van der Waals surface area (Å²) in [4.78, 5) is 30.1. The van der Waals surface area contributed by atoms with Crippen LogP contribution in [0.1, 0.15) is 34.0 Å². The van der Waals surface area contributed by atoms with Gasteiger partial charge in [-0.15, -0.1) is 11.3 Å². The molecule has 0 aliphatic carbocycles. The van der Waals surface area contributed by atoms with Crippen molar-refractivity contribution in [3.8, 4) is 0 Å². The van der Waals surface area contributed by atoms with Crippen LogP contribution in [0.3, 0.4) is 0 Å². The maximum absolute atomic E-state index is 13.2. The summed E-state index contributed by atoms with van der Waals surface area (Å²) in [6, 6.07) is 11.1. The van der Waals surface area contributed by atoms with Crippen LogP contribution in [-0.2, 0) is 17.9 Å². The molecule has 146 valence electrons. The fraction of sp³-hybridized carbons (Fsp3) is 0.333. The fourth-order valence-corrected chi connectivity index (χ4v) is 4.23. The lowest BCUT2D eigenvalue weighted by molar-refractivity contribution is -0.138. The molecule has 1 saturated heterocycles. The summed E-state index contributed by atoms with van der Waals surface area (Å²) in [5.74, 6) is 1.52. The molecule has 0 unspecified atom stereocenters. The van der Waals surface area contributed by atoms with Crippen molar-refractivity contribution in [3.63, 3.8) is 0 Å². The van der Waals surface area contributed by atoms with Crippen LogP contribution in [-0.4, -0.2) is 34.7 Å².